The Morgan fingerprint density at radius 2 is 1.69 bits per heavy atom. The van der Waals surface area contributed by atoms with Crippen LogP contribution in [0.3, 0.4) is 0 Å². The van der Waals surface area contributed by atoms with Crippen molar-refractivity contribution in [3.05, 3.63) is 102 Å². The van der Waals surface area contributed by atoms with Crippen molar-refractivity contribution in [1.82, 2.24) is 10.3 Å². The van der Waals surface area contributed by atoms with Gasteiger partial charge < -0.3 is 20.5 Å². The lowest BCUT2D eigenvalue weighted by Gasteiger charge is -2.41. The first kappa shape index (κ1) is 28.8. The minimum Gasteiger partial charge on any atom is -0.455 e. The molecule has 2 heterocycles. The molecule has 1 amide bonds. The Labute approximate surface area is 259 Å². The van der Waals surface area contributed by atoms with E-state index in [1.807, 2.05) is 54.6 Å². The third-order valence-corrected chi connectivity index (χ3v) is 9.67. The quantitative estimate of drug-likeness (QED) is 0.184. The summed E-state index contributed by atoms with van der Waals surface area (Å²) in [7, 11) is -2.22. The van der Waals surface area contributed by atoms with Gasteiger partial charge in [0.15, 0.2) is 0 Å². The van der Waals surface area contributed by atoms with Gasteiger partial charge in [-0.1, -0.05) is 36.4 Å². The van der Waals surface area contributed by atoms with E-state index in [9.17, 15) is 17.6 Å². The molecule has 4 N–H and O–H groups in total. The first-order chi connectivity index (χ1) is 21.6. The van der Waals surface area contributed by atoms with E-state index in [4.69, 9.17) is 10.2 Å². The average Bonchev–Trinajstić information content (AvgIpc) is 3.61. The summed E-state index contributed by atoms with van der Waals surface area (Å²) in [6.07, 6.45) is 2.22. The number of nitrogens with one attached hydrogen (secondary N) is 2. The molecule has 0 bridgehead atoms. The van der Waals surface area contributed by atoms with Crippen molar-refractivity contribution >= 4 is 43.5 Å². The number of aromatic nitrogens is 1. The minimum atomic E-state index is -3.75. The summed E-state index contributed by atoms with van der Waals surface area (Å²) in [6, 6.07) is 26.7. The molecule has 1 fully saturated rings. The molecule has 0 unspecified atom stereocenters. The van der Waals surface area contributed by atoms with Crippen LogP contribution in [0, 0.1) is 5.82 Å². The van der Waals surface area contributed by atoms with Gasteiger partial charge in [-0.2, -0.15) is 0 Å². The normalized spacial score (nSPS) is 16.5. The third kappa shape index (κ3) is 5.15. The van der Waals surface area contributed by atoms with Gasteiger partial charge in [0.1, 0.15) is 17.2 Å². The molecule has 6 aromatic rings. The second-order valence-electron chi connectivity index (χ2n) is 11.6. The highest BCUT2D eigenvalue weighted by Crippen LogP contribution is 2.44. The fourth-order valence-electron chi connectivity index (χ4n) is 6.25. The van der Waals surface area contributed by atoms with Gasteiger partial charge in [0.2, 0.25) is 10.0 Å². The van der Waals surface area contributed by atoms with Crippen LogP contribution in [-0.4, -0.2) is 44.7 Å². The Morgan fingerprint density at radius 3 is 2.38 bits per heavy atom. The number of halogens is 1. The SMILES string of the molecule is CNC(=O)c1c(-c2ccc(F)cc2)oc2cc(N(C3CC(N)C3)S(C)(=O)=O)c(-c3cccc(-c4cc5ccccc5[nH]4)c3)cc12. The second kappa shape index (κ2) is 10.9. The number of aromatic amines is 1. The highest BCUT2D eigenvalue weighted by Gasteiger charge is 2.38. The van der Waals surface area contributed by atoms with E-state index < -0.39 is 15.8 Å². The lowest BCUT2D eigenvalue weighted by molar-refractivity contribution is 0.0964. The van der Waals surface area contributed by atoms with Crippen LogP contribution in [0.4, 0.5) is 10.1 Å². The molecule has 0 aliphatic heterocycles. The maximum atomic E-state index is 13.8. The van der Waals surface area contributed by atoms with Crippen molar-refractivity contribution in [2.24, 2.45) is 5.73 Å². The zero-order valence-electron chi connectivity index (χ0n) is 24.7. The highest BCUT2D eigenvalue weighted by molar-refractivity contribution is 7.92. The van der Waals surface area contributed by atoms with E-state index in [1.54, 1.807) is 18.2 Å². The van der Waals surface area contributed by atoms with Crippen LogP contribution in [0.2, 0.25) is 0 Å². The van der Waals surface area contributed by atoms with Crippen LogP contribution >= 0.6 is 0 Å². The molecule has 8 nitrogen and oxygen atoms in total. The molecule has 1 saturated carbocycles. The number of carbonyl (C=O) groups is 1. The number of nitrogens with two attached hydrogens (primary N) is 1. The van der Waals surface area contributed by atoms with Gasteiger partial charge in [-0.15, -0.1) is 0 Å². The molecule has 7 rings (SSSR count). The molecule has 10 heteroatoms. The Balaban J connectivity index is 1.49. The summed E-state index contributed by atoms with van der Waals surface area (Å²) in [6.45, 7) is 0. The molecule has 0 saturated heterocycles. The smallest absolute Gasteiger partial charge is 0.255 e. The van der Waals surface area contributed by atoms with Crippen molar-refractivity contribution in [1.29, 1.82) is 0 Å². The van der Waals surface area contributed by atoms with E-state index >= 15 is 0 Å². The van der Waals surface area contributed by atoms with E-state index in [1.165, 1.54) is 29.7 Å². The first-order valence-corrected chi connectivity index (χ1v) is 16.5. The van der Waals surface area contributed by atoms with E-state index in [2.05, 4.69) is 16.4 Å². The highest BCUT2D eigenvalue weighted by atomic mass is 32.2. The van der Waals surface area contributed by atoms with E-state index in [0.717, 1.165) is 27.7 Å². The van der Waals surface area contributed by atoms with Crippen LogP contribution < -0.4 is 15.4 Å². The third-order valence-electron chi connectivity index (χ3n) is 8.46. The Bertz CT molecular complexity index is 2170. The number of carbonyl (C=O) groups excluding carboxylic acids is 1. The topological polar surface area (TPSA) is 121 Å². The molecule has 45 heavy (non-hydrogen) atoms. The van der Waals surface area contributed by atoms with Gasteiger partial charge in [-0.3, -0.25) is 9.10 Å². The fraction of sp³-hybridized carbons (Fsp3) is 0.171. The number of hydrogen-bond acceptors (Lipinski definition) is 5. The molecule has 1 aliphatic rings. The average molecular weight is 623 g/mol. The number of anilines is 1. The molecular formula is C35H31FN4O4S. The number of para-hydroxylation sites is 1. The summed E-state index contributed by atoms with van der Waals surface area (Å²) in [5.74, 6) is -0.544. The molecule has 1 aliphatic carbocycles. The summed E-state index contributed by atoms with van der Waals surface area (Å²) >= 11 is 0. The molecule has 0 spiro atoms. The van der Waals surface area contributed by atoms with Gasteiger partial charge in [0.05, 0.1) is 17.5 Å². The molecule has 0 atom stereocenters. The summed E-state index contributed by atoms with van der Waals surface area (Å²) in [4.78, 5) is 16.8. The van der Waals surface area contributed by atoms with E-state index in [0.29, 0.717) is 40.6 Å². The lowest BCUT2D eigenvalue weighted by atomic mass is 9.87. The van der Waals surface area contributed by atoms with Crippen LogP contribution in [-0.2, 0) is 10.0 Å². The van der Waals surface area contributed by atoms with Crippen molar-refractivity contribution in [2.45, 2.75) is 24.9 Å². The number of furan rings is 1. The van der Waals surface area contributed by atoms with Gasteiger partial charge in [-0.05, 0) is 72.5 Å². The number of amides is 1. The van der Waals surface area contributed by atoms with Crippen molar-refractivity contribution in [3.63, 3.8) is 0 Å². The van der Waals surface area contributed by atoms with Crippen molar-refractivity contribution < 1.29 is 22.0 Å². The molecular weight excluding hydrogens is 591 g/mol. The number of fused-ring (bicyclic) bond motifs is 2. The van der Waals surface area contributed by atoms with E-state index in [-0.39, 0.29) is 29.3 Å². The second-order valence-corrected chi connectivity index (χ2v) is 13.4. The van der Waals surface area contributed by atoms with Crippen LogP contribution in [0.25, 0.3) is 55.6 Å². The van der Waals surface area contributed by atoms with Crippen molar-refractivity contribution in [2.75, 3.05) is 17.6 Å². The predicted octanol–water partition coefficient (Wildman–Crippen LogP) is 6.67. The fourth-order valence-corrected chi connectivity index (χ4v) is 7.47. The molecule has 228 valence electrons. The molecule has 0 radical (unpaired) electrons. The summed E-state index contributed by atoms with van der Waals surface area (Å²) in [5, 5.41) is 4.27. The minimum absolute atomic E-state index is 0.0923. The number of H-pyrrole nitrogens is 1. The van der Waals surface area contributed by atoms with Gasteiger partial charge in [0.25, 0.3) is 5.91 Å². The van der Waals surface area contributed by atoms with Crippen LogP contribution in [0.5, 0.6) is 0 Å². The molecule has 4 aromatic carbocycles. The number of benzene rings is 4. The zero-order chi connectivity index (χ0) is 31.5. The van der Waals surface area contributed by atoms with Gasteiger partial charge in [-0.25, -0.2) is 12.8 Å². The Morgan fingerprint density at radius 1 is 0.956 bits per heavy atom. The zero-order valence-corrected chi connectivity index (χ0v) is 25.5. The summed E-state index contributed by atoms with van der Waals surface area (Å²) in [5.41, 5.74) is 11.9. The Kier molecular flexibility index (Phi) is 6.98. The Hall–Kier alpha value is -4.93. The number of hydrogen-bond donors (Lipinski definition) is 3. The van der Waals surface area contributed by atoms with Crippen LogP contribution in [0.1, 0.15) is 23.2 Å². The van der Waals surface area contributed by atoms with Gasteiger partial charge >= 0.3 is 0 Å². The predicted molar refractivity (Wildman–Crippen MR) is 176 cm³/mol. The van der Waals surface area contributed by atoms with Gasteiger partial charge in [0, 0.05) is 58.3 Å². The number of rotatable bonds is 7. The van der Waals surface area contributed by atoms with Crippen LogP contribution in [0.15, 0.2) is 95.4 Å². The monoisotopic (exact) mass is 622 g/mol. The summed E-state index contributed by atoms with van der Waals surface area (Å²) < 4.78 is 48.3. The number of sulfonamides is 1. The molecule has 2 aromatic heterocycles. The first-order valence-electron chi connectivity index (χ1n) is 14.6. The maximum Gasteiger partial charge on any atom is 0.255 e. The largest absolute Gasteiger partial charge is 0.455 e. The lowest BCUT2D eigenvalue weighted by Crippen LogP contribution is -2.52. The maximum absolute atomic E-state index is 13.8. The number of nitrogens with zero attached hydrogens (tertiary/aromatic N) is 1. The standard InChI is InChI=1S/C35H31FN4O4S/c1-38-35(41)33-28-18-27(21-7-5-8-22(14-21)30-15-23-6-3-4-9-29(23)39-30)31(40(45(2,42)43)26-16-25(37)17-26)19-32(28)44-34(33)20-10-12-24(36)13-11-20/h3-15,18-19,25-26,39H,16-17,37H2,1-2H3,(H,38,41). The van der Waals surface area contributed by atoms with Crippen molar-refractivity contribution in [3.8, 4) is 33.7 Å².